The van der Waals surface area contributed by atoms with Crippen molar-refractivity contribution in [2.45, 2.75) is 51.0 Å². The second-order valence-corrected chi connectivity index (χ2v) is 5.77. The number of carbonyl (C=O) groups is 1. The Morgan fingerprint density at radius 3 is 2.55 bits per heavy atom. The van der Waals surface area contributed by atoms with Crippen molar-refractivity contribution < 1.29 is 14.6 Å². The van der Waals surface area contributed by atoms with Crippen molar-refractivity contribution in [3.63, 3.8) is 0 Å². The molecule has 4 nitrogen and oxygen atoms in total. The highest BCUT2D eigenvalue weighted by molar-refractivity contribution is 5.83. The lowest BCUT2D eigenvalue weighted by atomic mass is 9.77. The van der Waals surface area contributed by atoms with E-state index in [0.717, 1.165) is 38.6 Å². The quantitative estimate of drug-likeness (QED) is 0.458. The van der Waals surface area contributed by atoms with Crippen LogP contribution in [0.15, 0.2) is 0 Å². The first-order valence-electron chi connectivity index (χ1n) is 7.49. The third kappa shape index (κ3) is 4.81. The molecular weight excluding hydrogens is 254 g/mol. The van der Waals surface area contributed by atoms with Crippen LogP contribution in [0.25, 0.3) is 0 Å². The van der Waals surface area contributed by atoms with Gasteiger partial charge in [-0.2, -0.15) is 0 Å². The van der Waals surface area contributed by atoms with Crippen molar-refractivity contribution >= 4 is 5.97 Å². The predicted molar refractivity (Wildman–Crippen MR) is 79.1 cm³/mol. The van der Waals surface area contributed by atoms with Crippen LogP contribution in [-0.4, -0.2) is 48.8 Å². The minimum Gasteiger partial charge on any atom is -0.463 e. The smallest absolute Gasteiger partial charge is 0.351 e. The minimum atomic E-state index is -1.62. The van der Waals surface area contributed by atoms with Gasteiger partial charge in [-0.05, 0) is 40.3 Å². The molecule has 1 rings (SSSR count). The molecule has 0 aliphatic heterocycles. The molecule has 0 aromatic rings. The van der Waals surface area contributed by atoms with Gasteiger partial charge in [0.2, 0.25) is 5.60 Å². The third-order valence-corrected chi connectivity index (χ3v) is 3.81. The van der Waals surface area contributed by atoms with Crippen molar-refractivity contribution in [3.05, 3.63) is 0 Å². The molecule has 0 radical (unpaired) electrons. The zero-order valence-corrected chi connectivity index (χ0v) is 12.9. The van der Waals surface area contributed by atoms with E-state index < -0.39 is 11.6 Å². The van der Waals surface area contributed by atoms with Gasteiger partial charge in [-0.1, -0.05) is 25.2 Å². The lowest BCUT2D eigenvalue weighted by Crippen LogP contribution is -2.47. The first-order chi connectivity index (χ1) is 9.50. The van der Waals surface area contributed by atoms with Gasteiger partial charge >= 0.3 is 5.97 Å². The van der Waals surface area contributed by atoms with Crippen LogP contribution in [0.2, 0.25) is 0 Å². The Labute approximate surface area is 122 Å². The molecular formula is C16H27NO3. The molecule has 0 amide bonds. The van der Waals surface area contributed by atoms with Gasteiger partial charge in [0.15, 0.2) is 0 Å². The highest BCUT2D eigenvalue weighted by atomic mass is 16.5. The van der Waals surface area contributed by atoms with Crippen molar-refractivity contribution in [1.29, 1.82) is 0 Å². The highest BCUT2D eigenvalue weighted by Gasteiger charge is 2.44. The van der Waals surface area contributed by atoms with Crippen LogP contribution >= 0.6 is 0 Å². The summed E-state index contributed by atoms with van der Waals surface area (Å²) in [6.07, 6.45) is 5.72. The Morgan fingerprint density at radius 1 is 1.35 bits per heavy atom. The van der Waals surface area contributed by atoms with Crippen molar-refractivity contribution in [2.24, 2.45) is 5.92 Å². The summed E-state index contributed by atoms with van der Waals surface area (Å²) in [4.78, 5) is 14.2. The fourth-order valence-corrected chi connectivity index (χ4v) is 2.69. The van der Waals surface area contributed by atoms with Crippen LogP contribution < -0.4 is 0 Å². The Morgan fingerprint density at radius 2 is 2.00 bits per heavy atom. The second-order valence-electron chi connectivity index (χ2n) is 5.77. The van der Waals surface area contributed by atoms with Crippen molar-refractivity contribution in [3.8, 4) is 11.8 Å². The highest BCUT2D eigenvalue weighted by Crippen LogP contribution is 2.33. The first-order valence-corrected chi connectivity index (χ1v) is 7.49. The Hall–Kier alpha value is -1.05. The van der Waals surface area contributed by atoms with E-state index in [-0.39, 0.29) is 5.92 Å². The number of rotatable bonds is 6. The van der Waals surface area contributed by atoms with Crippen molar-refractivity contribution in [2.75, 3.05) is 27.2 Å². The molecule has 4 heteroatoms. The number of hydrogen-bond acceptors (Lipinski definition) is 4. The molecule has 1 aliphatic carbocycles. The molecule has 114 valence electrons. The molecule has 1 fully saturated rings. The van der Waals surface area contributed by atoms with E-state index in [9.17, 15) is 9.90 Å². The van der Waals surface area contributed by atoms with Gasteiger partial charge in [-0.15, -0.1) is 5.92 Å². The number of nitrogens with zero attached hydrogens (tertiary/aromatic N) is 1. The van der Waals surface area contributed by atoms with Crippen LogP contribution in [0.4, 0.5) is 0 Å². The van der Waals surface area contributed by atoms with Crippen LogP contribution in [-0.2, 0) is 9.53 Å². The second kappa shape index (κ2) is 8.28. The normalized spacial score (nSPS) is 19.1. The Bertz CT molecular complexity index is 364. The Kier molecular flexibility index (Phi) is 7.04. The zero-order chi connectivity index (χ0) is 15.0. The van der Waals surface area contributed by atoms with Gasteiger partial charge < -0.3 is 14.7 Å². The molecule has 0 heterocycles. The molecule has 0 spiro atoms. The number of hydrogen-bond donors (Lipinski definition) is 1. The van der Waals surface area contributed by atoms with Gasteiger partial charge in [0, 0.05) is 12.5 Å². The fourth-order valence-electron chi connectivity index (χ4n) is 2.69. The molecule has 1 N–H and O–H groups in total. The average molecular weight is 281 g/mol. The number of carbonyl (C=O) groups excluding carboxylic acids is 1. The topological polar surface area (TPSA) is 49.8 Å². The predicted octanol–water partition coefficient (Wildman–Crippen LogP) is 1.82. The summed E-state index contributed by atoms with van der Waals surface area (Å²) < 4.78 is 5.25. The molecule has 0 unspecified atom stereocenters. The molecule has 0 saturated heterocycles. The van der Waals surface area contributed by atoms with Gasteiger partial charge in [0.05, 0.1) is 6.61 Å². The molecule has 1 aliphatic rings. The standard InChI is InChI=1S/C16H27NO3/c1-4-11-16(19,14-9-6-5-7-10-14)15(18)20-13-8-12-17(2)3/h14,19H,5-10,12-13H2,1-3H3/t16-/m0/s1. The molecule has 1 atom stereocenters. The zero-order valence-electron chi connectivity index (χ0n) is 12.9. The van der Waals surface area contributed by atoms with E-state index in [2.05, 4.69) is 11.8 Å². The average Bonchev–Trinajstić information content (AvgIpc) is 2.44. The van der Waals surface area contributed by atoms with E-state index in [1.165, 1.54) is 6.42 Å². The molecule has 0 bridgehead atoms. The summed E-state index contributed by atoms with van der Waals surface area (Å²) >= 11 is 0. The maximum absolute atomic E-state index is 12.2. The van der Waals surface area contributed by atoms with E-state index in [1.54, 1.807) is 6.92 Å². The monoisotopic (exact) mass is 281 g/mol. The van der Waals surface area contributed by atoms with Gasteiger partial charge in [-0.25, -0.2) is 4.79 Å². The Balaban J connectivity index is 2.58. The van der Waals surface area contributed by atoms with Crippen molar-refractivity contribution in [1.82, 2.24) is 4.90 Å². The summed E-state index contributed by atoms with van der Waals surface area (Å²) in [5.74, 6) is 4.72. The summed E-state index contributed by atoms with van der Waals surface area (Å²) in [7, 11) is 3.95. The van der Waals surface area contributed by atoms with E-state index in [4.69, 9.17) is 4.74 Å². The maximum Gasteiger partial charge on any atom is 0.351 e. The van der Waals surface area contributed by atoms with Crippen LogP contribution in [0.1, 0.15) is 45.4 Å². The maximum atomic E-state index is 12.2. The summed E-state index contributed by atoms with van der Waals surface area (Å²) in [6, 6.07) is 0. The number of aliphatic hydroxyl groups is 1. The lowest BCUT2D eigenvalue weighted by molar-refractivity contribution is -0.165. The SMILES string of the molecule is CC#C[C@@](O)(C(=O)OCCCN(C)C)C1CCCCC1. The summed E-state index contributed by atoms with van der Waals surface area (Å²) in [5, 5.41) is 10.7. The number of ether oxygens (including phenoxy) is 1. The first kappa shape index (κ1) is 17.0. The lowest BCUT2D eigenvalue weighted by Gasteiger charge is -2.32. The van der Waals surface area contributed by atoms with Gasteiger partial charge in [0.1, 0.15) is 0 Å². The molecule has 0 aromatic heterocycles. The minimum absolute atomic E-state index is 0.0925. The molecule has 0 aromatic carbocycles. The van der Waals surface area contributed by atoms with E-state index >= 15 is 0 Å². The van der Waals surface area contributed by atoms with E-state index in [0.29, 0.717) is 6.61 Å². The summed E-state index contributed by atoms with van der Waals surface area (Å²) in [5.41, 5.74) is -1.62. The van der Waals surface area contributed by atoms with Crippen LogP contribution in [0, 0.1) is 17.8 Å². The molecule has 20 heavy (non-hydrogen) atoms. The van der Waals surface area contributed by atoms with E-state index in [1.807, 2.05) is 19.0 Å². The van der Waals surface area contributed by atoms with Gasteiger partial charge in [0.25, 0.3) is 0 Å². The third-order valence-electron chi connectivity index (χ3n) is 3.81. The molecule has 1 saturated carbocycles. The number of esters is 1. The van der Waals surface area contributed by atoms with Crippen LogP contribution in [0.3, 0.4) is 0 Å². The fraction of sp³-hybridized carbons (Fsp3) is 0.812. The summed E-state index contributed by atoms with van der Waals surface area (Å²) in [6.45, 7) is 2.83. The van der Waals surface area contributed by atoms with Gasteiger partial charge in [-0.3, -0.25) is 0 Å². The van der Waals surface area contributed by atoms with Crippen LogP contribution in [0.5, 0.6) is 0 Å². The largest absolute Gasteiger partial charge is 0.463 e.